The number of hydrogen-bond donors (Lipinski definition) is 3. The van der Waals surface area contributed by atoms with Crippen molar-refractivity contribution >= 4 is 23.5 Å². The Morgan fingerprint density at radius 3 is 2.42 bits per heavy atom. The van der Waals surface area contributed by atoms with Crippen molar-refractivity contribution < 1.29 is 28.6 Å². The second-order valence-electron chi connectivity index (χ2n) is 5.77. The van der Waals surface area contributed by atoms with Crippen molar-refractivity contribution in [1.29, 1.82) is 0 Å². The summed E-state index contributed by atoms with van der Waals surface area (Å²) in [4.78, 5) is 38.4. The van der Waals surface area contributed by atoms with Crippen molar-refractivity contribution in [1.82, 2.24) is 10.4 Å². The van der Waals surface area contributed by atoms with E-state index in [4.69, 9.17) is 20.1 Å². The molecule has 1 saturated carbocycles. The van der Waals surface area contributed by atoms with Gasteiger partial charge in [-0.3, -0.25) is 19.8 Å². The van der Waals surface area contributed by atoms with Crippen LogP contribution in [0.5, 0.6) is 11.6 Å². The number of amides is 2. The van der Waals surface area contributed by atoms with Gasteiger partial charge in [0, 0.05) is 6.07 Å². The Morgan fingerprint density at radius 2 is 1.85 bits per heavy atom. The van der Waals surface area contributed by atoms with Gasteiger partial charge in [-0.05, 0) is 25.7 Å². The van der Waals surface area contributed by atoms with E-state index in [1.807, 2.05) is 0 Å². The summed E-state index contributed by atoms with van der Waals surface area (Å²) in [6.45, 7) is 0. The molecule has 1 aliphatic carbocycles. The van der Waals surface area contributed by atoms with Crippen LogP contribution in [0.2, 0.25) is 0 Å². The molecule has 1 heterocycles. The molecule has 0 spiro atoms. The molecule has 1 aromatic heterocycles. The van der Waals surface area contributed by atoms with Crippen LogP contribution in [0.15, 0.2) is 12.3 Å². The second-order valence-corrected chi connectivity index (χ2v) is 5.77. The summed E-state index contributed by atoms with van der Waals surface area (Å²) in [7, 11) is 2.80. The first-order valence-corrected chi connectivity index (χ1v) is 8.09. The first-order valence-electron chi connectivity index (χ1n) is 8.09. The van der Waals surface area contributed by atoms with Gasteiger partial charge in [-0.2, -0.15) is 0 Å². The number of pyridine rings is 1. The summed E-state index contributed by atoms with van der Waals surface area (Å²) in [5.74, 6) is 3.31. The Balaban J connectivity index is 1.98. The van der Waals surface area contributed by atoms with Gasteiger partial charge in [0.15, 0.2) is 0 Å². The molecule has 1 aromatic rings. The van der Waals surface area contributed by atoms with Gasteiger partial charge < -0.3 is 19.5 Å². The normalized spacial score (nSPS) is 19.2. The van der Waals surface area contributed by atoms with Crippen molar-refractivity contribution in [2.75, 3.05) is 19.5 Å². The van der Waals surface area contributed by atoms with E-state index in [1.54, 1.807) is 5.43 Å². The van der Waals surface area contributed by atoms with E-state index in [9.17, 15) is 14.4 Å². The Kier molecular flexibility index (Phi) is 6.73. The third-order valence-corrected chi connectivity index (χ3v) is 4.14. The number of anilines is 1. The molecule has 2 amide bonds. The largest absolute Gasteiger partial charge is 0.494 e. The standard InChI is InChI=1S/C16H22N4O6/c1-24-12-7-13(18-8-11(12)19-14(21)15(22)20-17)26-10-5-3-9(4-6-10)16(23)25-2/h7-10H,3-6,17H2,1-2H3,(H,19,21)(H,20,22)/t9-,10-. The van der Waals surface area contributed by atoms with Crippen LogP contribution in [-0.4, -0.2) is 43.1 Å². The minimum absolute atomic E-state index is 0.0726. The lowest BCUT2D eigenvalue weighted by Gasteiger charge is -2.27. The fourth-order valence-electron chi connectivity index (χ4n) is 2.74. The van der Waals surface area contributed by atoms with E-state index in [0.717, 1.165) is 0 Å². The van der Waals surface area contributed by atoms with Gasteiger partial charge in [0.25, 0.3) is 0 Å². The average molecular weight is 366 g/mol. The first kappa shape index (κ1) is 19.4. The van der Waals surface area contributed by atoms with E-state index >= 15 is 0 Å². The number of ether oxygens (including phenoxy) is 3. The molecule has 10 nitrogen and oxygen atoms in total. The van der Waals surface area contributed by atoms with Crippen LogP contribution < -0.4 is 26.1 Å². The highest BCUT2D eigenvalue weighted by Gasteiger charge is 2.28. The fourth-order valence-corrected chi connectivity index (χ4v) is 2.74. The number of nitrogens with zero attached hydrogens (tertiary/aromatic N) is 1. The Bertz CT molecular complexity index is 673. The second kappa shape index (κ2) is 8.99. The molecule has 142 valence electrons. The highest BCUT2D eigenvalue weighted by molar-refractivity contribution is 6.39. The maximum atomic E-state index is 11.6. The van der Waals surface area contributed by atoms with Crippen LogP contribution in [0.25, 0.3) is 0 Å². The maximum Gasteiger partial charge on any atom is 0.323 e. The minimum Gasteiger partial charge on any atom is -0.494 e. The molecule has 0 atom stereocenters. The third-order valence-electron chi connectivity index (χ3n) is 4.14. The average Bonchev–Trinajstić information content (AvgIpc) is 2.68. The molecule has 0 saturated heterocycles. The number of hydrogen-bond acceptors (Lipinski definition) is 8. The highest BCUT2D eigenvalue weighted by atomic mass is 16.5. The molecule has 10 heteroatoms. The highest BCUT2D eigenvalue weighted by Crippen LogP contribution is 2.31. The molecule has 0 aliphatic heterocycles. The zero-order valence-corrected chi connectivity index (χ0v) is 14.6. The van der Waals surface area contributed by atoms with Crippen LogP contribution in [0.4, 0.5) is 5.69 Å². The van der Waals surface area contributed by atoms with Crippen molar-refractivity contribution in [3.63, 3.8) is 0 Å². The van der Waals surface area contributed by atoms with E-state index < -0.39 is 11.8 Å². The number of hydrazine groups is 1. The fraction of sp³-hybridized carbons (Fsp3) is 0.500. The Labute approximate surface area is 150 Å². The zero-order valence-electron chi connectivity index (χ0n) is 14.6. The number of carbonyl (C=O) groups excluding carboxylic acids is 3. The lowest BCUT2D eigenvalue weighted by Crippen LogP contribution is -2.39. The summed E-state index contributed by atoms with van der Waals surface area (Å²) < 4.78 is 15.8. The van der Waals surface area contributed by atoms with Crippen molar-refractivity contribution in [3.05, 3.63) is 12.3 Å². The molecule has 26 heavy (non-hydrogen) atoms. The number of aromatic nitrogens is 1. The molecule has 1 fully saturated rings. The zero-order chi connectivity index (χ0) is 19.1. The quantitative estimate of drug-likeness (QED) is 0.219. The van der Waals surface area contributed by atoms with Crippen LogP contribution in [0.1, 0.15) is 25.7 Å². The van der Waals surface area contributed by atoms with Crippen molar-refractivity contribution in [2.45, 2.75) is 31.8 Å². The monoisotopic (exact) mass is 366 g/mol. The SMILES string of the molecule is COc1cc(O[C@H]2CC[C@H](C(=O)OC)CC2)ncc1NC(=O)C(=O)NN. The predicted octanol–water partition coefficient (Wildman–Crippen LogP) is 0.129. The predicted molar refractivity (Wildman–Crippen MR) is 90.1 cm³/mol. The van der Waals surface area contributed by atoms with Crippen LogP contribution in [-0.2, 0) is 19.1 Å². The molecule has 0 bridgehead atoms. The van der Waals surface area contributed by atoms with Gasteiger partial charge in [0.2, 0.25) is 5.88 Å². The van der Waals surface area contributed by atoms with Gasteiger partial charge >= 0.3 is 17.8 Å². The van der Waals surface area contributed by atoms with Crippen molar-refractivity contribution in [2.24, 2.45) is 11.8 Å². The van der Waals surface area contributed by atoms with E-state index in [0.29, 0.717) is 31.6 Å². The van der Waals surface area contributed by atoms with Gasteiger partial charge in [-0.1, -0.05) is 0 Å². The summed E-state index contributed by atoms with van der Waals surface area (Å²) in [5.41, 5.74) is 1.94. The van der Waals surface area contributed by atoms with E-state index in [1.165, 1.54) is 26.5 Å². The summed E-state index contributed by atoms with van der Waals surface area (Å²) in [6.07, 6.45) is 4.05. The summed E-state index contributed by atoms with van der Waals surface area (Å²) in [5, 5.41) is 2.34. The number of carbonyl (C=O) groups is 3. The summed E-state index contributed by atoms with van der Waals surface area (Å²) in [6, 6.07) is 1.52. The number of esters is 1. The molecule has 4 N–H and O–H groups in total. The number of nitrogens with two attached hydrogens (primary N) is 1. The number of methoxy groups -OCH3 is 2. The number of nitrogens with one attached hydrogen (secondary N) is 2. The lowest BCUT2D eigenvalue weighted by molar-refractivity contribution is -0.147. The molecule has 0 aromatic carbocycles. The smallest absolute Gasteiger partial charge is 0.323 e. The summed E-state index contributed by atoms with van der Waals surface area (Å²) >= 11 is 0. The minimum atomic E-state index is -0.991. The van der Waals surface area contributed by atoms with E-state index in [2.05, 4.69) is 10.3 Å². The van der Waals surface area contributed by atoms with Crippen molar-refractivity contribution in [3.8, 4) is 11.6 Å². The third kappa shape index (κ3) is 4.82. The molecule has 1 aliphatic rings. The lowest BCUT2D eigenvalue weighted by atomic mass is 9.87. The molecule has 2 rings (SSSR count). The van der Waals surface area contributed by atoms with Crippen LogP contribution >= 0.6 is 0 Å². The molecular formula is C16H22N4O6. The van der Waals surface area contributed by atoms with Gasteiger partial charge in [-0.25, -0.2) is 10.8 Å². The Hall–Kier alpha value is -2.88. The molecular weight excluding hydrogens is 344 g/mol. The van der Waals surface area contributed by atoms with Gasteiger partial charge in [0.05, 0.1) is 26.3 Å². The molecule has 0 unspecified atom stereocenters. The van der Waals surface area contributed by atoms with Crippen LogP contribution in [0.3, 0.4) is 0 Å². The Morgan fingerprint density at radius 1 is 1.15 bits per heavy atom. The number of rotatable bonds is 5. The van der Waals surface area contributed by atoms with Gasteiger partial charge in [0.1, 0.15) is 17.5 Å². The molecule has 0 radical (unpaired) electrons. The van der Waals surface area contributed by atoms with E-state index in [-0.39, 0.29) is 29.4 Å². The maximum absolute atomic E-state index is 11.6. The topological polar surface area (TPSA) is 142 Å². The van der Waals surface area contributed by atoms with Crippen LogP contribution in [0, 0.1) is 5.92 Å². The first-order chi connectivity index (χ1) is 12.5. The van der Waals surface area contributed by atoms with Gasteiger partial charge in [-0.15, -0.1) is 0 Å².